The highest BCUT2D eigenvalue weighted by Crippen LogP contribution is 2.26. The second kappa shape index (κ2) is 9.44. The van der Waals surface area contributed by atoms with Crippen molar-refractivity contribution >= 4 is 11.6 Å². The van der Waals surface area contributed by atoms with Gasteiger partial charge in [-0.25, -0.2) is 0 Å². The maximum atomic E-state index is 13.1. The lowest BCUT2D eigenvalue weighted by Crippen LogP contribution is -2.74. The summed E-state index contributed by atoms with van der Waals surface area (Å²) in [6.45, 7) is 12.6. The Labute approximate surface area is 165 Å². The first kappa shape index (κ1) is 22.3. The monoisotopic (exact) mass is 377 g/mol. The summed E-state index contributed by atoms with van der Waals surface area (Å²) in [5.74, 6) is 0.351. The van der Waals surface area contributed by atoms with Crippen LogP contribution in [-0.2, 0) is 9.59 Å². The van der Waals surface area contributed by atoms with Gasteiger partial charge in [-0.15, -0.1) is 0 Å². The summed E-state index contributed by atoms with van der Waals surface area (Å²) < 4.78 is 0. The minimum atomic E-state index is -0.573. The average Bonchev–Trinajstić information content (AvgIpc) is 2.56. The van der Waals surface area contributed by atoms with Crippen LogP contribution in [0.4, 0.5) is 0 Å². The van der Waals surface area contributed by atoms with E-state index in [2.05, 4.69) is 41.5 Å². The molecule has 154 valence electrons. The number of Topliss-reactive ketones (excluding diaryl/α,β-unsaturated/α-hetero) is 2. The van der Waals surface area contributed by atoms with Gasteiger partial charge in [0.25, 0.3) is 0 Å². The molecular weight excluding hydrogens is 338 g/mol. The topological polar surface area (TPSA) is 61.4 Å². The van der Waals surface area contributed by atoms with Gasteiger partial charge in [0.1, 0.15) is 5.54 Å². The standard InChI is InChI=1S/C22H39N3O2/c1-17(2)20(27)22-15-25(16-22)13-11-9-7-6-8-10-12-21(5,24-18(3)4)19(26)14-23-22/h9,11,17-18,23-24H,6-8,10,12-16H2,1-5H3/t21-/m0/s1. The summed E-state index contributed by atoms with van der Waals surface area (Å²) in [4.78, 5) is 28.3. The van der Waals surface area contributed by atoms with Crippen LogP contribution in [0.3, 0.4) is 0 Å². The van der Waals surface area contributed by atoms with Crippen molar-refractivity contribution in [2.24, 2.45) is 5.92 Å². The zero-order valence-corrected chi connectivity index (χ0v) is 17.9. The van der Waals surface area contributed by atoms with Gasteiger partial charge in [0.05, 0.1) is 12.1 Å². The second-order valence-corrected chi connectivity index (χ2v) is 9.25. The van der Waals surface area contributed by atoms with Crippen molar-refractivity contribution < 1.29 is 9.59 Å². The molecule has 0 saturated carbocycles. The number of hydrogen-bond acceptors (Lipinski definition) is 5. The quantitative estimate of drug-likeness (QED) is 0.738. The molecule has 0 aromatic rings. The Kier molecular flexibility index (Phi) is 7.78. The highest BCUT2D eigenvalue weighted by Gasteiger charge is 2.49. The maximum absolute atomic E-state index is 13.1. The van der Waals surface area contributed by atoms with Gasteiger partial charge in [0.15, 0.2) is 11.6 Å². The molecule has 1 saturated heterocycles. The van der Waals surface area contributed by atoms with Crippen LogP contribution in [0.25, 0.3) is 0 Å². The molecule has 2 N–H and O–H groups in total. The summed E-state index contributed by atoms with van der Waals surface area (Å²) in [7, 11) is 0. The second-order valence-electron chi connectivity index (χ2n) is 9.25. The Morgan fingerprint density at radius 1 is 1.15 bits per heavy atom. The van der Waals surface area contributed by atoms with Crippen LogP contribution in [0.1, 0.15) is 66.7 Å². The van der Waals surface area contributed by atoms with Gasteiger partial charge >= 0.3 is 0 Å². The molecule has 0 radical (unpaired) electrons. The van der Waals surface area contributed by atoms with E-state index in [1.165, 1.54) is 0 Å². The van der Waals surface area contributed by atoms with Gasteiger partial charge in [-0.05, 0) is 40.0 Å². The van der Waals surface area contributed by atoms with Gasteiger partial charge in [-0.1, -0.05) is 38.8 Å². The lowest BCUT2D eigenvalue weighted by atomic mass is 9.79. The van der Waals surface area contributed by atoms with Crippen molar-refractivity contribution in [3.05, 3.63) is 12.2 Å². The van der Waals surface area contributed by atoms with Crippen LogP contribution in [0, 0.1) is 5.92 Å². The Morgan fingerprint density at radius 3 is 2.48 bits per heavy atom. The third kappa shape index (κ3) is 5.72. The van der Waals surface area contributed by atoms with E-state index >= 15 is 0 Å². The highest BCUT2D eigenvalue weighted by molar-refractivity contribution is 5.94. The van der Waals surface area contributed by atoms with Crippen LogP contribution in [0.5, 0.6) is 0 Å². The van der Waals surface area contributed by atoms with Crippen molar-refractivity contribution in [2.75, 3.05) is 26.2 Å². The molecule has 3 aliphatic heterocycles. The van der Waals surface area contributed by atoms with Gasteiger partial charge in [-0.3, -0.25) is 19.8 Å². The van der Waals surface area contributed by atoms with E-state index in [0.717, 1.165) is 38.6 Å². The van der Waals surface area contributed by atoms with E-state index < -0.39 is 11.1 Å². The van der Waals surface area contributed by atoms with Crippen LogP contribution in [0.15, 0.2) is 12.2 Å². The molecule has 1 fully saturated rings. The molecular formula is C22H39N3O2. The molecule has 5 heteroatoms. The van der Waals surface area contributed by atoms with E-state index in [1.54, 1.807) is 0 Å². The maximum Gasteiger partial charge on any atom is 0.166 e. The zero-order valence-electron chi connectivity index (χ0n) is 17.9. The van der Waals surface area contributed by atoms with E-state index in [1.807, 2.05) is 20.8 Å². The molecule has 3 rings (SSSR count). The van der Waals surface area contributed by atoms with Crippen molar-refractivity contribution in [1.29, 1.82) is 0 Å². The fourth-order valence-corrected chi connectivity index (χ4v) is 4.39. The number of allylic oxidation sites excluding steroid dienone is 1. The summed E-state index contributed by atoms with van der Waals surface area (Å²) >= 11 is 0. The molecule has 0 aromatic heterocycles. The van der Waals surface area contributed by atoms with Crippen molar-refractivity contribution in [2.45, 2.75) is 83.8 Å². The molecule has 2 bridgehead atoms. The smallest absolute Gasteiger partial charge is 0.166 e. The summed E-state index contributed by atoms with van der Waals surface area (Å²) in [6.07, 6.45) is 9.75. The molecule has 0 spiro atoms. The number of rotatable bonds is 4. The van der Waals surface area contributed by atoms with Gasteiger partial charge in [-0.2, -0.15) is 0 Å². The molecule has 5 nitrogen and oxygen atoms in total. The number of fused-ring (bicyclic) bond motifs is 10. The van der Waals surface area contributed by atoms with E-state index in [-0.39, 0.29) is 30.1 Å². The fraction of sp³-hybridized carbons (Fsp3) is 0.818. The highest BCUT2D eigenvalue weighted by atomic mass is 16.1. The number of ketones is 2. The van der Waals surface area contributed by atoms with E-state index in [0.29, 0.717) is 13.1 Å². The number of hydrogen-bond donors (Lipinski definition) is 2. The largest absolute Gasteiger partial charge is 0.303 e. The molecule has 27 heavy (non-hydrogen) atoms. The van der Waals surface area contributed by atoms with Crippen LogP contribution < -0.4 is 10.6 Å². The summed E-state index contributed by atoms with van der Waals surface area (Å²) in [5, 5.41) is 6.88. The van der Waals surface area contributed by atoms with Crippen LogP contribution in [-0.4, -0.2) is 59.8 Å². The summed E-state index contributed by atoms with van der Waals surface area (Å²) in [5.41, 5.74) is -1.11. The Balaban J connectivity index is 2.17. The van der Waals surface area contributed by atoms with Crippen molar-refractivity contribution in [3.63, 3.8) is 0 Å². The van der Waals surface area contributed by atoms with Crippen molar-refractivity contribution in [1.82, 2.24) is 15.5 Å². The third-order valence-electron chi connectivity index (χ3n) is 5.87. The predicted molar refractivity (Wildman–Crippen MR) is 111 cm³/mol. The molecule has 0 unspecified atom stereocenters. The predicted octanol–water partition coefficient (Wildman–Crippen LogP) is 2.70. The SMILES string of the molecule is CC(C)N[C@@]1(C)CCCCCC=CCN2CC(C(=O)C(C)C)(C2)NCC1=O. The lowest BCUT2D eigenvalue weighted by molar-refractivity contribution is -0.136. The first-order valence-electron chi connectivity index (χ1n) is 10.7. The number of carbonyl (C=O) groups excluding carboxylic acids is 2. The normalized spacial score (nSPS) is 33.4. The van der Waals surface area contributed by atoms with E-state index in [9.17, 15) is 9.59 Å². The molecule has 3 heterocycles. The van der Waals surface area contributed by atoms with Gasteiger partial charge in [0.2, 0.25) is 0 Å². The van der Waals surface area contributed by atoms with Gasteiger partial charge in [0, 0.05) is 31.6 Å². The van der Waals surface area contributed by atoms with Crippen molar-refractivity contribution in [3.8, 4) is 0 Å². The molecule has 0 aliphatic carbocycles. The Hall–Kier alpha value is -1.04. The molecule has 0 aromatic carbocycles. The first-order valence-corrected chi connectivity index (χ1v) is 10.7. The van der Waals surface area contributed by atoms with Crippen LogP contribution >= 0.6 is 0 Å². The number of carbonyl (C=O) groups is 2. The molecule has 3 aliphatic rings. The zero-order chi connectivity index (χ0) is 20.1. The molecule has 0 amide bonds. The van der Waals surface area contributed by atoms with Crippen LogP contribution in [0.2, 0.25) is 0 Å². The average molecular weight is 378 g/mol. The minimum absolute atomic E-state index is 0.0347. The number of nitrogens with zero attached hydrogens (tertiary/aromatic N) is 1. The molecule has 1 atom stereocenters. The first-order chi connectivity index (χ1) is 12.7. The Bertz CT molecular complexity index is 550. The van der Waals surface area contributed by atoms with Gasteiger partial charge < -0.3 is 5.32 Å². The summed E-state index contributed by atoms with van der Waals surface area (Å²) in [6, 6.07) is 0.245. The fourth-order valence-electron chi connectivity index (χ4n) is 4.39. The third-order valence-corrected chi connectivity index (χ3v) is 5.87. The minimum Gasteiger partial charge on any atom is -0.303 e. The lowest BCUT2D eigenvalue weighted by Gasteiger charge is -2.50. The Morgan fingerprint density at radius 2 is 1.85 bits per heavy atom. The number of nitrogens with one attached hydrogen (secondary N) is 2. The van der Waals surface area contributed by atoms with E-state index in [4.69, 9.17) is 0 Å².